The van der Waals surface area contributed by atoms with Crippen LogP contribution in [0.3, 0.4) is 0 Å². The Morgan fingerprint density at radius 3 is 2.78 bits per heavy atom. The number of oxazole rings is 1. The van der Waals surface area contributed by atoms with E-state index >= 15 is 0 Å². The number of aromatic carboxylic acids is 1. The predicted molar refractivity (Wildman–Crippen MR) is 82.7 cm³/mol. The van der Waals surface area contributed by atoms with E-state index in [1.807, 2.05) is 24.3 Å². The van der Waals surface area contributed by atoms with Crippen LogP contribution in [-0.4, -0.2) is 23.2 Å². The van der Waals surface area contributed by atoms with Gasteiger partial charge in [-0.2, -0.15) is 0 Å². The predicted octanol–water partition coefficient (Wildman–Crippen LogP) is 3.95. The molecule has 2 aromatic heterocycles. The Morgan fingerprint density at radius 2 is 2.04 bits per heavy atom. The molecule has 4 rings (SSSR count). The maximum atomic E-state index is 11.0. The van der Waals surface area contributed by atoms with Gasteiger partial charge in [0.25, 0.3) is 0 Å². The number of para-hydroxylation sites is 1. The second kappa shape index (κ2) is 4.88. The van der Waals surface area contributed by atoms with Gasteiger partial charge in [0, 0.05) is 16.3 Å². The number of methoxy groups -OCH3 is 1. The van der Waals surface area contributed by atoms with E-state index in [9.17, 15) is 4.79 Å². The van der Waals surface area contributed by atoms with Crippen molar-refractivity contribution in [2.75, 3.05) is 7.11 Å². The van der Waals surface area contributed by atoms with Gasteiger partial charge in [0.15, 0.2) is 17.0 Å². The lowest BCUT2D eigenvalue weighted by Gasteiger charge is -2.03. The van der Waals surface area contributed by atoms with Gasteiger partial charge >= 0.3 is 5.97 Å². The van der Waals surface area contributed by atoms with E-state index in [1.165, 1.54) is 0 Å². The maximum absolute atomic E-state index is 11.0. The Balaban J connectivity index is 2.08. The van der Waals surface area contributed by atoms with Crippen LogP contribution in [0.15, 0.2) is 51.5 Å². The van der Waals surface area contributed by atoms with Gasteiger partial charge in [0.1, 0.15) is 11.8 Å². The molecule has 0 bridgehead atoms. The van der Waals surface area contributed by atoms with Crippen molar-refractivity contribution in [2.24, 2.45) is 0 Å². The molecule has 0 aliphatic rings. The average molecular weight is 309 g/mol. The zero-order valence-corrected chi connectivity index (χ0v) is 12.1. The van der Waals surface area contributed by atoms with Crippen LogP contribution in [0.5, 0.6) is 5.75 Å². The van der Waals surface area contributed by atoms with Crippen LogP contribution in [0.1, 0.15) is 10.5 Å². The van der Waals surface area contributed by atoms with Gasteiger partial charge in [-0.3, -0.25) is 0 Å². The fraction of sp³-hybridized carbons (Fsp3) is 0.0588. The molecule has 4 aromatic rings. The third kappa shape index (κ3) is 1.96. The zero-order chi connectivity index (χ0) is 16.0. The summed E-state index contributed by atoms with van der Waals surface area (Å²) in [7, 11) is 1.56. The van der Waals surface area contributed by atoms with Crippen LogP contribution in [0.4, 0.5) is 0 Å². The summed E-state index contributed by atoms with van der Waals surface area (Å²) in [6, 6.07) is 11.1. The number of rotatable bonds is 3. The van der Waals surface area contributed by atoms with E-state index in [-0.39, 0.29) is 11.6 Å². The number of carbonyl (C=O) groups is 1. The number of furan rings is 1. The summed E-state index contributed by atoms with van der Waals surface area (Å²) in [5.41, 5.74) is 1.79. The third-order valence-corrected chi connectivity index (χ3v) is 3.66. The number of carboxylic acid groups (broad SMARTS) is 1. The molecule has 0 saturated carbocycles. The number of nitrogens with zero attached hydrogens (tertiary/aromatic N) is 1. The summed E-state index contributed by atoms with van der Waals surface area (Å²) in [4.78, 5) is 15.0. The molecule has 2 aromatic carbocycles. The van der Waals surface area contributed by atoms with E-state index in [2.05, 4.69) is 4.98 Å². The molecule has 0 unspecified atom stereocenters. The molecule has 0 atom stereocenters. The summed E-state index contributed by atoms with van der Waals surface area (Å²) in [6.07, 6.45) is 1.12. The van der Waals surface area contributed by atoms with E-state index < -0.39 is 5.97 Å². The molecule has 0 saturated heterocycles. The molecule has 0 spiro atoms. The molecule has 0 fully saturated rings. The highest BCUT2D eigenvalue weighted by Gasteiger charge is 2.20. The molecule has 0 aliphatic heterocycles. The van der Waals surface area contributed by atoms with Crippen LogP contribution < -0.4 is 4.74 Å². The summed E-state index contributed by atoms with van der Waals surface area (Å²) in [5, 5.41) is 10.7. The Kier molecular flexibility index (Phi) is 2.84. The van der Waals surface area contributed by atoms with Crippen molar-refractivity contribution in [3.05, 3.63) is 48.4 Å². The summed E-state index contributed by atoms with van der Waals surface area (Å²) in [6.45, 7) is 0. The quantitative estimate of drug-likeness (QED) is 0.616. The highest BCUT2D eigenvalue weighted by molar-refractivity contribution is 6.13. The van der Waals surface area contributed by atoms with Crippen LogP contribution in [0, 0.1) is 0 Å². The number of fused-ring (bicyclic) bond motifs is 3. The summed E-state index contributed by atoms with van der Waals surface area (Å²) in [5.74, 6) is -0.326. The average Bonchev–Trinajstić information content (AvgIpc) is 3.19. The van der Waals surface area contributed by atoms with E-state index in [1.54, 1.807) is 19.2 Å². The molecular formula is C17H11NO5. The number of benzene rings is 2. The van der Waals surface area contributed by atoms with Gasteiger partial charge in [-0.1, -0.05) is 18.2 Å². The van der Waals surface area contributed by atoms with Crippen LogP contribution >= 0.6 is 0 Å². The molecule has 23 heavy (non-hydrogen) atoms. The maximum Gasteiger partial charge on any atom is 0.357 e. The molecule has 0 amide bonds. The van der Waals surface area contributed by atoms with Crippen molar-refractivity contribution >= 4 is 27.9 Å². The Morgan fingerprint density at radius 1 is 1.22 bits per heavy atom. The summed E-state index contributed by atoms with van der Waals surface area (Å²) < 4.78 is 16.6. The molecule has 2 heterocycles. The molecule has 114 valence electrons. The summed E-state index contributed by atoms with van der Waals surface area (Å²) >= 11 is 0. The van der Waals surface area contributed by atoms with Crippen molar-refractivity contribution < 1.29 is 23.5 Å². The van der Waals surface area contributed by atoms with Crippen molar-refractivity contribution in [3.63, 3.8) is 0 Å². The Hall–Kier alpha value is -3.28. The van der Waals surface area contributed by atoms with Crippen molar-refractivity contribution in [1.29, 1.82) is 0 Å². The smallest absolute Gasteiger partial charge is 0.357 e. The molecule has 0 aliphatic carbocycles. The fourth-order valence-electron chi connectivity index (χ4n) is 2.64. The minimum absolute atomic E-state index is 0.142. The van der Waals surface area contributed by atoms with Gasteiger partial charge in [-0.25, -0.2) is 9.78 Å². The monoisotopic (exact) mass is 309 g/mol. The standard InChI is InChI=1S/C17H11NO5/c1-21-13-7-6-10(16-18-11(8-22-16)17(19)20)14-9-4-2-3-5-12(9)23-15(13)14/h2-8H,1H3,(H,19,20). The number of hydrogen-bond acceptors (Lipinski definition) is 5. The van der Waals surface area contributed by atoms with Crippen molar-refractivity contribution in [1.82, 2.24) is 4.98 Å². The first kappa shape index (κ1) is 13.4. The van der Waals surface area contributed by atoms with Gasteiger partial charge in [-0.15, -0.1) is 0 Å². The first-order valence-electron chi connectivity index (χ1n) is 6.86. The second-order valence-corrected chi connectivity index (χ2v) is 4.96. The van der Waals surface area contributed by atoms with Crippen molar-refractivity contribution in [3.8, 4) is 17.2 Å². The SMILES string of the molecule is COc1ccc(-c2nc(C(=O)O)co2)c2c1oc1ccccc12. The second-order valence-electron chi connectivity index (χ2n) is 4.96. The topological polar surface area (TPSA) is 85.7 Å². The van der Waals surface area contributed by atoms with Gasteiger partial charge in [-0.05, 0) is 18.2 Å². The highest BCUT2D eigenvalue weighted by atomic mass is 16.5. The number of aromatic nitrogens is 1. The fourth-order valence-corrected chi connectivity index (χ4v) is 2.64. The first-order valence-corrected chi connectivity index (χ1v) is 6.86. The van der Waals surface area contributed by atoms with Gasteiger partial charge < -0.3 is 18.7 Å². The van der Waals surface area contributed by atoms with E-state index in [4.69, 9.17) is 18.7 Å². The first-order chi connectivity index (χ1) is 11.2. The highest BCUT2D eigenvalue weighted by Crippen LogP contribution is 2.40. The van der Waals surface area contributed by atoms with Crippen molar-refractivity contribution in [2.45, 2.75) is 0 Å². The van der Waals surface area contributed by atoms with Crippen LogP contribution in [0.2, 0.25) is 0 Å². The number of ether oxygens (including phenoxy) is 1. The molecule has 0 radical (unpaired) electrons. The lowest BCUT2D eigenvalue weighted by atomic mass is 10.1. The minimum Gasteiger partial charge on any atom is -0.493 e. The van der Waals surface area contributed by atoms with Gasteiger partial charge in [0.05, 0.1) is 7.11 Å². The minimum atomic E-state index is -1.14. The lowest BCUT2D eigenvalue weighted by Crippen LogP contribution is -1.95. The third-order valence-electron chi connectivity index (χ3n) is 3.66. The lowest BCUT2D eigenvalue weighted by molar-refractivity contribution is 0.0690. The molecule has 6 heteroatoms. The number of carboxylic acids is 1. The Labute approximate surface area is 129 Å². The van der Waals surface area contributed by atoms with E-state index in [0.717, 1.165) is 17.0 Å². The van der Waals surface area contributed by atoms with Crippen LogP contribution in [-0.2, 0) is 0 Å². The molecule has 6 nitrogen and oxygen atoms in total. The molecular weight excluding hydrogens is 298 g/mol. The largest absolute Gasteiger partial charge is 0.493 e. The number of hydrogen-bond donors (Lipinski definition) is 1. The van der Waals surface area contributed by atoms with Gasteiger partial charge in [0.2, 0.25) is 5.89 Å². The normalized spacial score (nSPS) is 11.2. The van der Waals surface area contributed by atoms with E-state index in [0.29, 0.717) is 22.5 Å². The zero-order valence-electron chi connectivity index (χ0n) is 12.1. The van der Waals surface area contributed by atoms with Crippen LogP contribution in [0.25, 0.3) is 33.4 Å². The Bertz CT molecular complexity index is 1040. The molecule has 1 N–H and O–H groups in total.